The minimum atomic E-state index is -4.52. The third kappa shape index (κ3) is 6.35. The zero-order valence-corrected chi connectivity index (χ0v) is 20.6. The number of carbonyl (C=O) groups is 1. The van der Waals surface area contributed by atoms with Gasteiger partial charge in [0.2, 0.25) is 0 Å². The van der Waals surface area contributed by atoms with Gasteiger partial charge >= 0.3 is 12.2 Å². The van der Waals surface area contributed by atoms with Gasteiger partial charge in [-0.3, -0.25) is 4.90 Å². The van der Waals surface area contributed by atoms with Crippen molar-refractivity contribution in [2.75, 3.05) is 31.1 Å². The molecule has 2 atom stereocenters. The summed E-state index contributed by atoms with van der Waals surface area (Å²) in [7, 11) is 0. The molecule has 0 bridgehead atoms. The molecule has 0 saturated carbocycles. The smallest absolute Gasteiger partial charge is 0.349 e. The maximum absolute atomic E-state index is 13.0. The third-order valence-corrected chi connectivity index (χ3v) is 6.96. The van der Waals surface area contributed by atoms with Crippen LogP contribution >= 0.6 is 11.6 Å². The molecule has 0 unspecified atom stereocenters. The molecule has 1 aromatic heterocycles. The quantitative estimate of drug-likeness (QED) is 0.659. The van der Waals surface area contributed by atoms with Crippen LogP contribution in [0.1, 0.15) is 37.9 Å². The maximum atomic E-state index is 13.0. The predicted molar refractivity (Wildman–Crippen MR) is 128 cm³/mol. The van der Waals surface area contributed by atoms with Crippen LogP contribution in [0.15, 0.2) is 36.7 Å². The molecule has 2 saturated heterocycles. The Hall–Kier alpha value is -2.59. The van der Waals surface area contributed by atoms with Crippen molar-refractivity contribution < 1.29 is 18.0 Å². The number of rotatable bonds is 4. The molecule has 0 spiro atoms. The Bertz CT molecular complexity index is 996. The van der Waals surface area contributed by atoms with Crippen molar-refractivity contribution in [2.24, 2.45) is 0 Å². The Morgan fingerprint density at radius 3 is 2.34 bits per heavy atom. The minimum Gasteiger partial charge on any atom is -0.349 e. The zero-order chi connectivity index (χ0) is 25.2. The fourth-order valence-corrected chi connectivity index (χ4v) is 4.81. The molecule has 2 amide bonds. The number of anilines is 1. The second-order valence-electron chi connectivity index (χ2n) is 9.39. The van der Waals surface area contributed by atoms with E-state index in [1.165, 1.54) is 5.56 Å². The van der Waals surface area contributed by atoms with Gasteiger partial charge in [0.15, 0.2) is 5.69 Å². The Labute approximate surface area is 208 Å². The normalized spacial score (nSPS) is 22.3. The number of aromatic nitrogens is 2. The number of likely N-dealkylation sites (tertiary alicyclic amines) is 1. The van der Waals surface area contributed by atoms with E-state index in [9.17, 15) is 18.0 Å². The van der Waals surface area contributed by atoms with Crippen molar-refractivity contribution >= 4 is 23.4 Å². The number of urea groups is 1. The van der Waals surface area contributed by atoms with E-state index >= 15 is 0 Å². The molecule has 3 heterocycles. The van der Waals surface area contributed by atoms with E-state index in [0.29, 0.717) is 18.9 Å². The topological polar surface area (TPSA) is 64.6 Å². The summed E-state index contributed by atoms with van der Waals surface area (Å²) in [4.78, 5) is 26.6. The van der Waals surface area contributed by atoms with E-state index in [1.54, 1.807) is 4.90 Å². The lowest BCUT2D eigenvalue weighted by Crippen LogP contribution is -2.61. The Morgan fingerprint density at radius 1 is 1.06 bits per heavy atom. The van der Waals surface area contributed by atoms with Crippen molar-refractivity contribution in [1.29, 1.82) is 0 Å². The number of alkyl halides is 3. The Morgan fingerprint density at radius 2 is 1.74 bits per heavy atom. The van der Waals surface area contributed by atoms with E-state index in [-0.39, 0.29) is 24.2 Å². The zero-order valence-electron chi connectivity index (χ0n) is 19.8. The number of halogens is 4. The molecule has 2 fully saturated rings. The molecule has 11 heteroatoms. The molecule has 190 valence electrons. The van der Waals surface area contributed by atoms with Gasteiger partial charge in [-0.05, 0) is 44.4 Å². The summed E-state index contributed by atoms with van der Waals surface area (Å²) >= 11 is 5.96. The summed E-state index contributed by atoms with van der Waals surface area (Å²) in [5.41, 5.74) is 0.203. The fourth-order valence-electron chi connectivity index (χ4n) is 4.69. The summed E-state index contributed by atoms with van der Waals surface area (Å²) in [5.74, 6) is 0.380. The summed E-state index contributed by atoms with van der Waals surface area (Å²) < 4.78 is 38.4. The van der Waals surface area contributed by atoms with Crippen molar-refractivity contribution in [3.8, 4) is 0 Å². The molecule has 2 aliphatic heterocycles. The minimum absolute atomic E-state index is 0.0985. The molecule has 1 N–H and O–H groups in total. The van der Waals surface area contributed by atoms with Crippen LogP contribution in [0.4, 0.5) is 23.8 Å². The second-order valence-corrected chi connectivity index (χ2v) is 9.82. The molecular weight excluding hydrogens is 481 g/mol. The van der Waals surface area contributed by atoms with Crippen LogP contribution in [0.25, 0.3) is 0 Å². The van der Waals surface area contributed by atoms with Crippen LogP contribution in [0.3, 0.4) is 0 Å². The number of benzene rings is 1. The van der Waals surface area contributed by atoms with E-state index in [1.807, 2.05) is 43.0 Å². The van der Waals surface area contributed by atoms with E-state index in [2.05, 4.69) is 20.2 Å². The molecular formula is C24H30ClF3N6O. The number of nitrogens with zero attached hydrogens (tertiary/aromatic N) is 5. The SMILES string of the molecule is C[C@@H]1CN(c2cnc(C(F)(F)F)cn2)[C@@H](C)CN1C(=O)NC1CCN(Cc2ccc(Cl)cc2)CC1. The maximum Gasteiger partial charge on any atom is 0.434 e. The summed E-state index contributed by atoms with van der Waals surface area (Å²) in [6.07, 6.45) is -0.855. The van der Waals surface area contributed by atoms with Crippen molar-refractivity contribution in [1.82, 2.24) is 25.1 Å². The highest BCUT2D eigenvalue weighted by atomic mass is 35.5. The molecule has 1 aromatic carbocycles. The average Bonchev–Trinajstić information content (AvgIpc) is 2.82. The lowest BCUT2D eigenvalue weighted by molar-refractivity contribution is -0.141. The Balaban J connectivity index is 1.27. The van der Waals surface area contributed by atoms with Gasteiger partial charge in [0, 0.05) is 55.9 Å². The number of hydrogen-bond donors (Lipinski definition) is 1. The molecule has 2 aliphatic rings. The standard InChI is InChI=1S/C24H30ClF3N6O/c1-16-14-34(17(2)13-33(16)22-12-29-21(11-30-22)24(26,27)28)23(35)31-20-7-9-32(10-8-20)15-18-3-5-19(25)6-4-18/h3-6,11-12,16-17,20H,7-10,13-15H2,1-2H3,(H,31,35)/t16-,17+/m0/s1. The van der Waals surface area contributed by atoms with Gasteiger partial charge in [-0.15, -0.1) is 0 Å². The van der Waals surface area contributed by atoms with Crippen molar-refractivity contribution in [3.05, 3.63) is 52.9 Å². The van der Waals surface area contributed by atoms with Gasteiger partial charge in [0.25, 0.3) is 0 Å². The van der Waals surface area contributed by atoms with Crippen LogP contribution in [-0.4, -0.2) is 70.1 Å². The first-order chi connectivity index (χ1) is 16.6. The van der Waals surface area contributed by atoms with Crippen LogP contribution in [0, 0.1) is 0 Å². The molecule has 35 heavy (non-hydrogen) atoms. The summed E-state index contributed by atoms with van der Waals surface area (Å²) in [6, 6.07) is 7.66. The summed E-state index contributed by atoms with van der Waals surface area (Å²) in [6.45, 7) is 7.45. The van der Waals surface area contributed by atoms with Gasteiger partial charge in [0.1, 0.15) is 5.82 Å². The van der Waals surface area contributed by atoms with Crippen LogP contribution in [-0.2, 0) is 12.7 Å². The lowest BCUT2D eigenvalue weighted by atomic mass is 10.0. The van der Waals surface area contributed by atoms with Gasteiger partial charge in [-0.2, -0.15) is 13.2 Å². The lowest BCUT2D eigenvalue weighted by Gasteiger charge is -2.45. The number of hydrogen-bond acceptors (Lipinski definition) is 5. The molecule has 0 aliphatic carbocycles. The third-order valence-electron chi connectivity index (χ3n) is 6.70. The number of piperidine rings is 1. The molecule has 2 aromatic rings. The number of amides is 2. The number of carbonyl (C=O) groups excluding carboxylic acids is 1. The van der Waals surface area contributed by atoms with Crippen molar-refractivity contribution in [2.45, 2.75) is 57.5 Å². The van der Waals surface area contributed by atoms with Gasteiger partial charge in [0.05, 0.1) is 12.4 Å². The fraction of sp³-hybridized carbons (Fsp3) is 0.542. The first-order valence-corrected chi connectivity index (χ1v) is 12.2. The van der Waals surface area contributed by atoms with E-state index in [4.69, 9.17) is 11.6 Å². The van der Waals surface area contributed by atoms with Gasteiger partial charge in [-0.1, -0.05) is 23.7 Å². The second kappa shape index (κ2) is 10.6. The van der Waals surface area contributed by atoms with Crippen molar-refractivity contribution in [3.63, 3.8) is 0 Å². The average molecular weight is 511 g/mol. The summed E-state index contributed by atoms with van der Waals surface area (Å²) in [5, 5.41) is 3.91. The number of nitrogens with one attached hydrogen (secondary N) is 1. The highest BCUT2D eigenvalue weighted by Gasteiger charge is 2.36. The van der Waals surface area contributed by atoms with Crippen LogP contribution < -0.4 is 10.2 Å². The van der Waals surface area contributed by atoms with Crippen LogP contribution in [0.5, 0.6) is 0 Å². The van der Waals surface area contributed by atoms with Gasteiger partial charge < -0.3 is 15.1 Å². The van der Waals surface area contributed by atoms with E-state index < -0.39 is 11.9 Å². The first kappa shape index (κ1) is 25.5. The highest BCUT2D eigenvalue weighted by Crippen LogP contribution is 2.28. The predicted octanol–water partition coefficient (Wildman–Crippen LogP) is 4.42. The van der Waals surface area contributed by atoms with Gasteiger partial charge in [-0.25, -0.2) is 14.8 Å². The monoisotopic (exact) mass is 510 g/mol. The van der Waals surface area contributed by atoms with Crippen LogP contribution in [0.2, 0.25) is 5.02 Å². The number of piperazine rings is 1. The molecule has 7 nitrogen and oxygen atoms in total. The first-order valence-electron chi connectivity index (χ1n) is 11.8. The largest absolute Gasteiger partial charge is 0.434 e. The molecule has 0 radical (unpaired) electrons. The molecule has 4 rings (SSSR count). The Kier molecular flexibility index (Phi) is 7.70. The highest BCUT2D eigenvalue weighted by molar-refractivity contribution is 6.30. The van der Waals surface area contributed by atoms with E-state index in [0.717, 1.165) is 49.9 Å².